The summed E-state index contributed by atoms with van der Waals surface area (Å²) in [5.74, 6) is -2.08. The summed E-state index contributed by atoms with van der Waals surface area (Å²) in [5, 5.41) is 5.22. The lowest BCUT2D eigenvalue weighted by Gasteiger charge is -2.38. The highest BCUT2D eigenvalue weighted by molar-refractivity contribution is 5.98. The largest absolute Gasteiger partial charge is 0.496 e. The highest BCUT2D eigenvalue weighted by Gasteiger charge is 2.50. The van der Waals surface area contributed by atoms with Gasteiger partial charge in [0.05, 0.1) is 36.7 Å². The van der Waals surface area contributed by atoms with Crippen LogP contribution in [0.1, 0.15) is 81.1 Å². The van der Waals surface area contributed by atoms with Gasteiger partial charge in [0.2, 0.25) is 0 Å². The molecular formula is C41H46FNO7. The molecule has 0 radical (unpaired) electrons. The van der Waals surface area contributed by atoms with Crippen molar-refractivity contribution in [2.24, 2.45) is 28.6 Å². The Morgan fingerprint density at radius 1 is 0.900 bits per heavy atom. The van der Waals surface area contributed by atoms with Crippen LogP contribution in [-0.2, 0) is 25.7 Å². The molecule has 3 fully saturated rings. The highest BCUT2D eigenvalue weighted by atomic mass is 19.1. The fourth-order valence-electron chi connectivity index (χ4n) is 8.27. The average Bonchev–Trinajstić information content (AvgIpc) is 3.72. The second-order valence-electron chi connectivity index (χ2n) is 15.3. The third kappa shape index (κ3) is 6.71. The van der Waals surface area contributed by atoms with Gasteiger partial charge in [0.1, 0.15) is 12.4 Å². The zero-order chi connectivity index (χ0) is 35.0. The Kier molecular flexibility index (Phi) is 9.35. The summed E-state index contributed by atoms with van der Waals surface area (Å²) < 4.78 is 38.5. The summed E-state index contributed by atoms with van der Waals surface area (Å²) in [6.45, 7) is 4.63. The number of carbonyl (C=O) groups is 3. The molecule has 50 heavy (non-hydrogen) atoms. The first-order valence-corrected chi connectivity index (χ1v) is 17.9. The number of hydrogen-bond acceptors (Lipinski definition) is 7. The summed E-state index contributed by atoms with van der Waals surface area (Å²) in [7, 11) is 1.38. The van der Waals surface area contributed by atoms with E-state index in [1.165, 1.54) is 13.2 Å². The fourth-order valence-corrected chi connectivity index (χ4v) is 8.27. The minimum atomic E-state index is -0.684. The van der Waals surface area contributed by atoms with Crippen molar-refractivity contribution in [1.29, 1.82) is 0 Å². The third-order valence-electron chi connectivity index (χ3n) is 11.7. The van der Waals surface area contributed by atoms with Crippen molar-refractivity contribution in [2.75, 3.05) is 13.7 Å². The standard InChI is InChI=1S/C41H46FNO7/c1-40(16-7-17-40)24-49-38(45)35-26-12-13-27(20-26)36(35)43-37(44)31-21-34(32(42)22-33(31)47-3)50-29-14-18-41(2,19-15-29)39(46)48-23-28-10-6-9-25-8-4-5-11-30(25)28/h4-6,8-13,21-22,26-27,29,35-36H,7,14-20,23-24H2,1-3H3,(H,43,44)/t26-,27+,29?,35+,36-,41?/m1/s1. The van der Waals surface area contributed by atoms with Crippen molar-refractivity contribution in [1.82, 2.24) is 5.32 Å². The van der Waals surface area contributed by atoms with Crippen molar-refractivity contribution in [2.45, 2.75) is 84.0 Å². The van der Waals surface area contributed by atoms with Gasteiger partial charge in [0.15, 0.2) is 11.6 Å². The second-order valence-corrected chi connectivity index (χ2v) is 15.3. The van der Waals surface area contributed by atoms with Gasteiger partial charge < -0.3 is 24.3 Å². The predicted octanol–water partition coefficient (Wildman–Crippen LogP) is 7.71. The smallest absolute Gasteiger partial charge is 0.312 e. The minimum absolute atomic E-state index is 0.00786. The van der Waals surface area contributed by atoms with Gasteiger partial charge in [-0.2, -0.15) is 0 Å². The Morgan fingerprint density at radius 2 is 1.64 bits per heavy atom. The molecule has 0 saturated heterocycles. The van der Waals surface area contributed by atoms with E-state index in [0.29, 0.717) is 32.3 Å². The van der Waals surface area contributed by atoms with Crippen molar-refractivity contribution in [3.05, 3.63) is 83.7 Å². The number of halogens is 1. The van der Waals surface area contributed by atoms with Crippen LogP contribution in [0.5, 0.6) is 11.5 Å². The highest BCUT2D eigenvalue weighted by Crippen LogP contribution is 2.46. The van der Waals surface area contributed by atoms with Gasteiger partial charge in [-0.15, -0.1) is 0 Å². The maximum atomic E-state index is 15.3. The molecule has 0 aliphatic heterocycles. The predicted molar refractivity (Wildman–Crippen MR) is 186 cm³/mol. The maximum absolute atomic E-state index is 15.3. The zero-order valence-electron chi connectivity index (χ0n) is 29.0. The van der Waals surface area contributed by atoms with Crippen LogP contribution in [0.3, 0.4) is 0 Å². The van der Waals surface area contributed by atoms with E-state index in [2.05, 4.69) is 24.4 Å². The molecule has 8 nitrogen and oxygen atoms in total. The van der Waals surface area contributed by atoms with E-state index in [1.807, 2.05) is 49.4 Å². The minimum Gasteiger partial charge on any atom is -0.496 e. The van der Waals surface area contributed by atoms with Crippen LogP contribution in [0.15, 0.2) is 66.7 Å². The molecule has 9 heteroatoms. The molecule has 0 aromatic heterocycles. The van der Waals surface area contributed by atoms with Gasteiger partial charge in [-0.1, -0.05) is 68.0 Å². The lowest BCUT2D eigenvalue weighted by atomic mass is 9.71. The number of hydrogen-bond donors (Lipinski definition) is 1. The zero-order valence-corrected chi connectivity index (χ0v) is 29.0. The van der Waals surface area contributed by atoms with Gasteiger partial charge >= 0.3 is 11.9 Å². The Balaban J connectivity index is 0.977. The summed E-state index contributed by atoms with van der Waals surface area (Å²) in [5.41, 5.74) is 0.439. The quantitative estimate of drug-likeness (QED) is 0.163. The molecule has 0 heterocycles. The average molecular weight is 684 g/mol. The van der Waals surface area contributed by atoms with Crippen LogP contribution in [-0.4, -0.2) is 43.7 Å². The molecule has 2 bridgehead atoms. The first kappa shape index (κ1) is 34.1. The van der Waals surface area contributed by atoms with E-state index in [0.717, 1.165) is 48.1 Å². The van der Waals surface area contributed by atoms with Crippen molar-refractivity contribution in [3.8, 4) is 11.5 Å². The first-order valence-electron chi connectivity index (χ1n) is 17.9. The summed E-state index contributed by atoms with van der Waals surface area (Å²) in [6, 6.07) is 16.1. The molecule has 264 valence electrons. The number of amides is 1. The molecule has 1 N–H and O–H groups in total. The normalized spacial score (nSPS) is 27.7. The lowest BCUT2D eigenvalue weighted by molar-refractivity contribution is -0.159. The number of ether oxygens (including phenoxy) is 4. The SMILES string of the molecule is COc1cc(F)c(OC2CCC(C)(C(=O)OCc3cccc4ccccc34)CC2)cc1C(=O)N[C@H]1[C@@H](C(=O)OCC2(C)CCC2)[C@@H]2C=C[C@H]1C2. The van der Waals surface area contributed by atoms with Gasteiger partial charge in [0, 0.05) is 17.5 Å². The van der Waals surface area contributed by atoms with E-state index in [9.17, 15) is 14.4 Å². The molecule has 3 saturated carbocycles. The Bertz CT molecular complexity index is 1800. The van der Waals surface area contributed by atoms with Crippen LogP contribution in [0.4, 0.5) is 4.39 Å². The summed E-state index contributed by atoms with van der Waals surface area (Å²) >= 11 is 0. The van der Waals surface area contributed by atoms with Gasteiger partial charge in [-0.25, -0.2) is 4.39 Å². The van der Waals surface area contributed by atoms with E-state index < -0.39 is 29.1 Å². The number of allylic oxidation sites excluding steroid dienone is 1. The van der Waals surface area contributed by atoms with Crippen LogP contribution in [0, 0.1) is 34.4 Å². The van der Waals surface area contributed by atoms with E-state index >= 15 is 4.39 Å². The topological polar surface area (TPSA) is 100 Å². The van der Waals surface area contributed by atoms with Crippen LogP contribution < -0.4 is 14.8 Å². The Morgan fingerprint density at radius 3 is 2.38 bits per heavy atom. The van der Waals surface area contributed by atoms with E-state index in [1.54, 1.807) is 0 Å². The van der Waals surface area contributed by atoms with Crippen LogP contribution in [0.25, 0.3) is 10.8 Å². The summed E-state index contributed by atoms with van der Waals surface area (Å²) in [4.78, 5) is 40.3. The van der Waals surface area contributed by atoms with Gasteiger partial charge in [-0.3, -0.25) is 14.4 Å². The third-order valence-corrected chi connectivity index (χ3v) is 11.7. The fraction of sp³-hybridized carbons (Fsp3) is 0.488. The summed E-state index contributed by atoms with van der Waals surface area (Å²) in [6.07, 6.45) is 9.85. The molecule has 1 amide bonds. The molecule has 4 atom stereocenters. The molecule has 4 aliphatic carbocycles. The Hall–Kier alpha value is -4.40. The number of methoxy groups -OCH3 is 1. The number of nitrogens with one attached hydrogen (secondary N) is 1. The van der Waals surface area contributed by atoms with Crippen LogP contribution >= 0.6 is 0 Å². The number of benzene rings is 3. The van der Waals surface area contributed by atoms with Crippen molar-refractivity contribution in [3.63, 3.8) is 0 Å². The molecule has 0 spiro atoms. The number of esters is 2. The Labute approximate surface area is 292 Å². The number of rotatable bonds is 11. The van der Waals surface area contributed by atoms with Gasteiger partial charge in [0.25, 0.3) is 5.91 Å². The van der Waals surface area contributed by atoms with Crippen molar-refractivity contribution >= 4 is 28.6 Å². The van der Waals surface area contributed by atoms with Crippen molar-refractivity contribution < 1.29 is 37.7 Å². The molecular weight excluding hydrogens is 637 g/mol. The lowest BCUT2D eigenvalue weighted by Crippen LogP contribution is -2.47. The number of carbonyl (C=O) groups excluding carboxylic acids is 3. The molecule has 0 unspecified atom stereocenters. The molecule has 3 aromatic carbocycles. The first-order chi connectivity index (χ1) is 24.1. The molecule has 3 aromatic rings. The molecule has 7 rings (SSSR count). The van der Waals surface area contributed by atoms with E-state index in [-0.39, 0.29) is 59.0 Å². The van der Waals surface area contributed by atoms with Gasteiger partial charge in [-0.05, 0) is 86.1 Å². The maximum Gasteiger partial charge on any atom is 0.312 e. The van der Waals surface area contributed by atoms with Crippen LogP contribution in [0.2, 0.25) is 0 Å². The second kappa shape index (κ2) is 13.7. The monoisotopic (exact) mass is 683 g/mol. The number of fused-ring (bicyclic) bond motifs is 3. The van der Waals surface area contributed by atoms with E-state index in [4.69, 9.17) is 18.9 Å². The molecule has 4 aliphatic rings.